The molecule has 3 rings (SSSR count). The Hall–Kier alpha value is -2.15. The molecule has 0 saturated carbocycles. The second kappa shape index (κ2) is 9.87. The van der Waals surface area contributed by atoms with Crippen LogP contribution in [0.2, 0.25) is 0 Å². The van der Waals surface area contributed by atoms with E-state index in [1.54, 1.807) is 14.2 Å². The maximum Gasteiger partial charge on any atom is 0.165 e. The van der Waals surface area contributed by atoms with E-state index in [2.05, 4.69) is 15.9 Å². The van der Waals surface area contributed by atoms with Crippen LogP contribution in [0, 0.1) is 5.82 Å². The molecular weight excluding hydrogens is 359 g/mol. The molecule has 6 heteroatoms. The lowest BCUT2D eigenvalue weighted by molar-refractivity contribution is 0.0496. The molecule has 152 valence electrons. The molecule has 2 aromatic carbocycles. The van der Waals surface area contributed by atoms with Crippen molar-refractivity contribution in [3.05, 3.63) is 59.4 Å². The number of methoxy groups -OCH3 is 2. The lowest BCUT2D eigenvalue weighted by Gasteiger charge is -2.41. The van der Waals surface area contributed by atoms with Gasteiger partial charge in [-0.3, -0.25) is 9.80 Å². The van der Waals surface area contributed by atoms with Crippen LogP contribution in [0.4, 0.5) is 4.39 Å². The van der Waals surface area contributed by atoms with Crippen LogP contribution in [0.1, 0.15) is 17.5 Å². The third-order valence-electron chi connectivity index (χ3n) is 5.33. The van der Waals surface area contributed by atoms with Crippen LogP contribution in [-0.2, 0) is 13.1 Å². The van der Waals surface area contributed by atoms with Gasteiger partial charge < -0.3 is 14.6 Å². The molecule has 1 aliphatic rings. The lowest BCUT2D eigenvalue weighted by Crippen LogP contribution is -2.52. The van der Waals surface area contributed by atoms with Gasteiger partial charge >= 0.3 is 0 Å². The zero-order valence-electron chi connectivity index (χ0n) is 16.6. The Kier molecular flexibility index (Phi) is 7.25. The highest BCUT2D eigenvalue weighted by atomic mass is 19.1. The van der Waals surface area contributed by atoms with E-state index in [-0.39, 0.29) is 18.5 Å². The molecule has 0 amide bonds. The van der Waals surface area contributed by atoms with Gasteiger partial charge in [-0.1, -0.05) is 24.3 Å². The van der Waals surface area contributed by atoms with E-state index in [1.807, 2.05) is 24.3 Å². The Bertz CT molecular complexity index is 754. The number of benzene rings is 2. The summed E-state index contributed by atoms with van der Waals surface area (Å²) < 4.78 is 24.1. The number of hydrogen-bond acceptors (Lipinski definition) is 5. The summed E-state index contributed by atoms with van der Waals surface area (Å²) in [6.45, 7) is 4.37. The van der Waals surface area contributed by atoms with Crippen molar-refractivity contribution in [3.8, 4) is 11.5 Å². The van der Waals surface area contributed by atoms with Gasteiger partial charge in [-0.15, -0.1) is 0 Å². The Balaban J connectivity index is 1.68. The van der Waals surface area contributed by atoms with E-state index in [0.717, 1.165) is 55.3 Å². The fraction of sp³-hybridized carbons (Fsp3) is 0.455. The smallest absolute Gasteiger partial charge is 0.165 e. The monoisotopic (exact) mass is 388 g/mol. The third kappa shape index (κ3) is 5.01. The summed E-state index contributed by atoms with van der Waals surface area (Å²) in [4.78, 5) is 4.77. The largest absolute Gasteiger partial charge is 0.493 e. The second-order valence-electron chi connectivity index (χ2n) is 7.15. The molecule has 5 nitrogen and oxygen atoms in total. The number of piperazine rings is 1. The maximum absolute atomic E-state index is 13.2. The van der Waals surface area contributed by atoms with Gasteiger partial charge in [0.25, 0.3) is 0 Å². The molecule has 0 spiro atoms. The maximum atomic E-state index is 13.2. The highest BCUT2D eigenvalue weighted by Gasteiger charge is 2.27. The molecule has 1 fully saturated rings. The fourth-order valence-electron chi connectivity index (χ4n) is 3.88. The average molecular weight is 388 g/mol. The molecule has 0 bridgehead atoms. The van der Waals surface area contributed by atoms with Crippen LogP contribution in [0.3, 0.4) is 0 Å². The van der Waals surface area contributed by atoms with Gasteiger partial charge in [-0.25, -0.2) is 4.39 Å². The Labute approximate surface area is 166 Å². The molecule has 1 unspecified atom stereocenters. The van der Waals surface area contributed by atoms with Crippen molar-refractivity contribution in [2.24, 2.45) is 0 Å². The van der Waals surface area contributed by atoms with Gasteiger partial charge in [0, 0.05) is 50.9 Å². The SMILES string of the molecule is COc1cccc(CN2CCN(Cc3ccc(F)cc3)C(CCO)C2)c1OC. The summed E-state index contributed by atoms with van der Waals surface area (Å²) in [5, 5.41) is 9.53. The van der Waals surface area contributed by atoms with Crippen LogP contribution in [-0.4, -0.2) is 61.4 Å². The van der Waals surface area contributed by atoms with Gasteiger partial charge in [0.05, 0.1) is 14.2 Å². The van der Waals surface area contributed by atoms with E-state index in [1.165, 1.54) is 12.1 Å². The van der Waals surface area contributed by atoms with Gasteiger partial charge in [0.15, 0.2) is 11.5 Å². The number of aliphatic hydroxyl groups excluding tert-OH is 1. The molecule has 1 atom stereocenters. The first kappa shape index (κ1) is 20.6. The van der Waals surface area contributed by atoms with Crippen LogP contribution in [0.25, 0.3) is 0 Å². The number of ether oxygens (including phenoxy) is 2. The van der Waals surface area contributed by atoms with Gasteiger partial charge in [-0.05, 0) is 30.2 Å². The Morgan fingerprint density at radius 1 is 1.04 bits per heavy atom. The molecule has 0 aromatic heterocycles. The van der Waals surface area contributed by atoms with E-state index >= 15 is 0 Å². The lowest BCUT2D eigenvalue weighted by atomic mass is 10.1. The summed E-state index contributed by atoms with van der Waals surface area (Å²) in [5.41, 5.74) is 2.18. The summed E-state index contributed by atoms with van der Waals surface area (Å²) in [5.74, 6) is 1.30. The number of aliphatic hydroxyl groups is 1. The predicted molar refractivity (Wildman–Crippen MR) is 107 cm³/mol. The van der Waals surface area contributed by atoms with Crippen molar-refractivity contribution >= 4 is 0 Å². The van der Waals surface area contributed by atoms with Crippen molar-refractivity contribution in [3.63, 3.8) is 0 Å². The van der Waals surface area contributed by atoms with Crippen LogP contribution >= 0.6 is 0 Å². The van der Waals surface area contributed by atoms with E-state index in [4.69, 9.17) is 9.47 Å². The molecule has 1 N–H and O–H groups in total. The predicted octanol–water partition coefficient (Wildman–Crippen LogP) is 2.91. The minimum atomic E-state index is -0.215. The first-order chi connectivity index (χ1) is 13.6. The molecule has 0 radical (unpaired) electrons. The first-order valence-electron chi connectivity index (χ1n) is 9.66. The summed E-state index contributed by atoms with van der Waals surface area (Å²) >= 11 is 0. The number of nitrogens with zero attached hydrogens (tertiary/aromatic N) is 2. The van der Waals surface area contributed by atoms with Crippen molar-refractivity contribution in [1.29, 1.82) is 0 Å². The quantitative estimate of drug-likeness (QED) is 0.753. The standard InChI is InChI=1S/C22H29FN2O3/c1-27-21-5-3-4-18(22(21)28-2)15-24-11-12-25(20(16-24)10-13-26)14-17-6-8-19(23)9-7-17/h3-9,20,26H,10-16H2,1-2H3. The minimum Gasteiger partial charge on any atom is -0.493 e. The van der Waals surface area contributed by atoms with Gasteiger partial charge in [0.2, 0.25) is 0 Å². The van der Waals surface area contributed by atoms with Crippen molar-refractivity contribution in [1.82, 2.24) is 9.80 Å². The zero-order chi connectivity index (χ0) is 19.9. The third-order valence-corrected chi connectivity index (χ3v) is 5.33. The Morgan fingerprint density at radius 3 is 2.50 bits per heavy atom. The molecule has 1 heterocycles. The molecule has 1 saturated heterocycles. The Morgan fingerprint density at radius 2 is 1.82 bits per heavy atom. The zero-order valence-corrected chi connectivity index (χ0v) is 16.6. The second-order valence-corrected chi connectivity index (χ2v) is 7.15. The number of hydrogen-bond donors (Lipinski definition) is 1. The fourth-order valence-corrected chi connectivity index (χ4v) is 3.88. The average Bonchev–Trinajstić information content (AvgIpc) is 2.71. The molecule has 0 aliphatic carbocycles. The topological polar surface area (TPSA) is 45.2 Å². The molecular formula is C22H29FN2O3. The van der Waals surface area contributed by atoms with E-state index in [9.17, 15) is 9.50 Å². The number of halogens is 1. The molecule has 2 aromatic rings. The van der Waals surface area contributed by atoms with E-state index < -0.39 is 0 Å². The highest BCUT2D eigenvalue weighted by Crippen LogP contribution is 2.32. The summed E-state index contributed by atoms with van der Waals surface area (Å²) in [6, 6.07) is 12.9. The van der Waals surface area contributed by atoms with Crippen molar-refractivity contribution in [2.75, 3.05) is 40.5 Å². The van der Waals surface area contributed by atoms with Gasteiger partial charge in [0.1, 0.15) is 5.82 Å². The minimum absolute atomic E-state index is 0.154. The normalized spacial score (nSPS) is 18.2. The van der Waals surface area contributed by atoms with Crippen LogP contribution in [0.15, 0.2) is 42.5 Å². The first-order valence-corrected chi connectivity index (χ1v) is 9.66. The van der Waals surface area contributed by atoms with Crippen molar-refractivity contribution < 1.29 is 19.0 Å². The number of para-hydroxylation sites is 1. The molecule has 28 heavy (non-hydrogen) atoms. The summed E-state index contributed by atoms with van der Waals surface area (Å²) in [7, 11) is 3.31. The molecule has 1 aliphatic heterocycles. The number of rotatable bonds is 8. The van der Waals surface area contributed by atoms with Crippen molar-refractivity contribution in [2.45, 2.75) is 25.6 Å². The summed E-state index contributed by atoms with van der Waals surface area (Å²) in [6.07, 6.45) is 0.715. The highest BCUT2D eigenvalue weighted by molar-refractivity contribution is 5.46. The van der Waals surface area contributed by atoms with E-state index in [0.29, 0.717) is 6.42 Å². The van der Waals surface area contributed by atoms with Crippen LogP contribution < -0.4 is 9.47 Å². The van der Waals surface area contributed by atoms with Crippen LogP contribution in [0.5, 0.6) is 11.5 Å². The van der Waals surface area contributed by atoms with Gasteiger partial charge in [-0.2, -0.15) is 0 Å².